The van der Waals surface area contributed by atoms with Gasteiger partial charge < -0.3 is 4.52 Å². The molecule has 15 heavy (non-hydrogen) atoms. The maximum absolute atomic E-state index is 5.83. The van der Waals surface area contributed by atoms with E-state index in [1.807, 2.05) is 29.7 Å². The van der Waals surface area contributed by atoms with E-state index < -0.39 is 4.67 Å². The van der Waals surface area contributed by atoms with Gasteiger partial charge in [-0.2, -0.15) is 0 Å². The van der Waals surface area contributed by atoms with E-state index in [4.69, 9.17) is 16.3 Å². The average molecular weight is 286 g/mol. The van der Waals surface area contributed by atoms with Crippen molar-refractivity contribution in [2.45, 2.75) is 58.0 Å². The van der Waals surface area contributed by atoms with Crippen LogP contribution in [0.5, 0.6) is 0 Å². The van der Waals surface area contributed by atoms with Crippen molar-refractivity contribution in [3.8, 4) is 0 Å². The minimum absolute atomic E-state index is 0.186. The van der Waals surface area contributed by atoms with Gasteiger partial charge in [0.25, 0.3) is 0 Å². The van der Waals surface area contributed by atoms with Gasteiger partial charge in [0.05, 0.1) is 6.61 Å². The summed E-state index contributed by atoms with van der Waals surface area (Å²) in [7, 11) is 0. The van der Waals surface area contributed by atoms with Crippen molar-refractivity contribution < 1.29 is 4.52 Å². The fraction of sp³-hybridized carbons (Fsp3) is 1.00. The fourth-order valence-electron chi connectivity index (χ4n) is 0.867. The van der Waals surface area contributed by atoms with Gasteiger partial charge in [0, 0.05) is 10.00 Å². The monoisotopic (exact) mass is 286 g/mol. The van der Waals surface area contributed by atoms with E-state index in [0.29, 0.717) is 5.25 Å². The molecule has 0 N–H and O–H groups in total. The minimum Gasteiger partial charge on any atom is -0.334 e. The summed E-state index contributed by atoms with van der Waals surface area (Å²) in [6.45, 7) is 13.8. The van der Waals surface area contributed by atoms with Crippen LogP contribution in [0.15, 0.2) is 0 Å². The lowest BCUT2D eigenvalue weighted by Crippen LogP contribution is -2.07. The van der Waals surface area contributed by atoms with E-state index in [0.717, 1.165) is 13.0 Å². The SMILES string of the molecule is CCOP(=S)(SC(C)CC)SC(C)(C)C. The van der Waals surface area contributed by atoms with Gasteiger partial charge in [-0.05, 0) is 25.2 Å². The Labute approximate surface area is 108 Å². The van der Waals surface area contributed by atoms with Crippen molar-refractivity contribution in [2.24, 2.45) is 0 Å². The molecule has 0 aromatic rings. The van der Waals surface area contributed by atoms with Crippen LogP contribution in [0.4, 0.5) is 0 Å². The van der Waals surface area contributed by atoms with Gasteiger partial charge in [0.15, 0.2) is 4.67 Å². The van der Waals surface area contributed by atoms with Crippen LogP contribution in [0.1, 0.15) is 48.0 Å². The van der Waals surface area contributed by atoms with Crippen molar-refractivity contribution in [1.29, 1.82) is 0 Å². The summed E-state index contributed by atoms with van der Waals surface area (Å²) in [6.07, 6.45) is 1.15. The highest BCUT2D eigenvalue weighted by molar-refractivity contribution is 8.99. The molecule has 0 aliphatic rings. The van der Waals surface area contributed by atoms with Gasteiger partial charge >= 0.3 is 0 Å². The van der Waals surface area contributed by atoms with E-state index in [2.05, 4.69) is 34.6 Å². The van der Waals surface area contributed by atoms with Gasteiger partial charge in [-0.25, -0.2) is 0 Å². The molecule has 0 spiro atoms. The molecule has 0 rings (SSSR count). The summed E-state index contributed by atoms with van der Waals surface area (Å²) in [5.41, 5.74) is 0. The predicted octanol–water partition coefficient (Wildman–Crippen LogP) is 5.31. The zero-order chi connectivity index (χ0) is 12.1. The zero-order valence-corrected chi connectivity index (χ0v) is 13.9. The summed E-state index contributed by atoms with van der Waals surface area (Å²) in [5.74, 6) is 0. The van der Waals surface area contributed by atoms with Crippen LogP contribution >= 0.6 is 27.4 Å². The second-order valence-electron chi connectivity index (χ2n) is 4.39. The molecule has 0 saturated carbocycles. The topological polar surface area (TPSA) is 9.23 Å². The smallest absolute Gasteiger partial charge is 0.175 e. The second kappa shape index (κ2) is 6.90. The first kappa shape index (κ1) is 16.3. The van der Waals surface area contributed by atoms with Crippen molar-refractivity contribution in [2.75, 3.05) is 6.61 Å². The van der Waals surface area contributed by atoms with Gasteiger partial charge in [0.1, 0.15) is 0 Å². The first-order valence-electron chi connectivity index (χ1n) is 5.36. The summed E-state index contributed by atoms with van der Waals surface area (Å²) in [5, 5.41) is 0.595. The number of hydrogen-bond donors (Lipinski definition) is 0. The van der Waals surface area contributed by atoms with Gasteiger partial charge in [-0.3, -0.25) is 0 Å². The molecule has 0 radical (unpaired) electrons. The molecule has 0 fully saturated rings. The molecule has 0 amide bonds. The number of rotatable bonds is 6. The van der Waals surface area contributed by atoms with Crippen LogP contribution in [-0.2, 0) is 16.3 Å². The first-order valence-corrected chi connectivity index (χ1v) is 11.0. The Morgan fingerprint density at radius 2 is 1.87 bits per heavy atom. The molecule has 0 saturated heterocycles. The summed E-state index contributed by atoms with van der Waals surface area (Å²) < 4.78 is 4.27. The predicted molar refractivity (Wildman–Crippen MR) is 80.6 cm³/mol. The van der Waals surface area contributed by atoms with Crippen LogP contribution in [0.2, 0.25) is 0 Å². The van der Waals surface area contributed by atoms with Crippen molar-refractivity contribution in [3.05, 3.63) is 0 Å². The van der Waals surface area contributed by atoms with Crippen LogP contribution in [0.25, 0.3) is 0 Å². The number of hydrogen-bond acceptors (Lipinski definition) is 4. The molecule has 0 aromatic carbocycles. The van der Waals surface area contributed by atoms with Gasteiger partial charge in [-0.15, -0.1) is 0 Å². The fourth-order valence-corrected chi connectivity index (χ4v) is 14.9. The summed E-state index contributed by atoms with van der Waals surface area (Å²) >= 11 is 9.41. The molecular weight excluding hydrogens is 263 g/mol. The zero-order valence-electron chi connectivity index (χ0n) is 10.6. The molecule has 0 heterocycles. The second-order valence-corrected chi connectivity index (χ2v) is 15.9. The van der Waals surface area contributed by atoms with Crippen molar-refractivity contribution in [3.63, 3.8) is 0 Å². The Morgan fingerprint density at radius 1 is 1.33 bits per heavy atom. The molecule has 0 aromatic heterocycles. The molecule has 1 nitrogen and oxygen atoms in total. The molecular formula is C10H23OPS3. The Kier molecular flexibility index (Phi) is 7.51. The van der Waals surface area contributed by atoms with E-state index in [1.165, 1.54) is 0 Å². The Hall–Kier alpha value is 1.31. The molecule has 0 aliphatic heterocycles. The van der Waals surface area contributed by atoms with Crippen LogP contribution in [-0.4, -0.2) is 16.6 Å². The van der Waals surface area contributed by atoms with E-state index >= 15 is 0 Å². The average Bonchev–Trinajstić information content (AvgIpc) is 2.00. The maximum atomic E-state index is 5.83. The van der Waals surface area contributed by atoms with E-state index in [1.54, 1.807) is 0 Å². The summed E-state index contributed by atoms with van der Waals surface area (Å²) in [4.78, 5) is 0. The quantitative estimate of drug-likeness (QED) is 0.611. The van der Waals surface area contributed by atoms with Crippen LogP contribution in [0, 0.1) is 0 Å². The Balaban J connectivity index is 4.52. The highest BCUT2D eigenvalue weighted by Gasteiger charge is 2.28. The third kappa shape index (κ3) is 8.09. The summed E-state index contributed by atoms with van der Waals surface area (Å²) in [6, 6.07) is 0. The van der Waals surface area contributed by atoms with Crippen LogP contribution < -0.4 is 0 Å². The van der Waals surface area contributed by atoms with Crippen LogP contribution in [0.3, 0.4) is 0 Å². The normalized spacial score (nSPS) is 18.5. The van der Waals surface area contributed by atoms with Crippen molar-refractivity contribution in [1.82, 2.24) is 0 Å². The highest BCUT2D eigenvalue weighted by atomic mass is 33.2. The Bertz CT molecular complexity index is 225. The maximum Gasteiger partial charge on any atom is 0.175 e. The van der Waals surface area contributed by atoms with Crippen molar-refractivity contribution >= 4 is 39.2 Å². The lowest BCUT2D eigenvalue weighted by molar-refractivity contribution is 0.393. The Morgan fingerprint density at radius 3 is 2.20 bits per heavy atom. The molecule has 2 atom stereocenters. The molecule has 2 unspecified atom stereocenters. The molecule has 92 valence electrons. The first-order chi connectivity index (χ1) is 6.72. The van der Waals surface area contributed by atoms with E-state index in [-0.39, 0.29) is 4.75 Å². The lowest BCUT2D eigenvalue weighted by Gasteiger charge is -2.29. The molecule has 5 heteroatoms. The van der Waals surface area contributed by atoms with Gasteiger partial charge in [-0.1, -0.05) is 57.4 Å². The highest BCUT2D eigenvalue weighted by Crippen LogP contribution is 2.74. The largest absolute Gasteiger partial charge is 0.334 e. The third-order valence-corrected chi connectivity index (χ3v) is 11.9. The lowest BCUT2D eigenvalue weighted by atomic mass is 10.3. The standard InChI is InChI=1S/C10H23OPS3/c1-7-9(3)14-12(13,11-8-2)15-10(4,5)6/h9H,7-8H2,1-6H3. The van der Waals surface area contributed by atoms with Gasteiger partial charge in [0.2, 0.25) is 0 Å². The van der Waals surface area contributed by atoms with E-state index in [9.17, 15) is 0 Å². The minimum atomic E-state index is -1.75. The third-order valence-electron chi connectivity index (χ3n) is 1.56. The molecule has 0 aliphatic carbocycles. The molecule has 0 bridgehead atoms.